The van der Waals surface area contributed by atoms with E-state index in [-0.39, 0.29) is 19.4 Å². The molecular weight excluding hydrogens is 268 g/mol. The van der Waals surface area contributed by atoms with Crippen molar-refractivity contribution in [3.05, 3.63) is 35.9 Å². The van der Waals surface area contributed by atoms with E-state index in [9.17, 15) is 14.7 Å². The molecule has 0 aliphatic carbocycles. The van der Waals surface area contributed by atoms with E-state index in [2.05, 4.69) is 11.8 Å². The average molecular weight is 288 g/mol. The SMILES string of the molecule is CC#CCCC(Cc1ccccc1)(C(=O)O)C(=O)OCC. The first-order valence-electron chi connectivity index (χ1n) is 6.91. The first kappa shape index (κ1) is 16.8. The summed E-state index contributed by atoms with van der Waals surface area (Å²) in [4.78, 5) is 24.0. The van der Waals surface area contributed by atoms with Crippen LogP contribution in [0.15, 0.2) is 30.3 Å². The maximum Gasteiger partial charge on any atom is 0.323 e. The zero-order valence-electron chi connectivity index (χ0n) is 12.4. The number of rotatable bonds is 7. The lowest BCUT2D eigenvalue weighted by Crippen LogP contribution is -2.42. The molecule has 0 heterocycles. The van der Waals surface area contributed by atoms with Gasteiger partial charge in [0.15, 0.2) is 5.41 Å². The summed E-state index contributed by atoms with van der Waals surface area (Å²) in [5.74, 6) is 3.68. The summed E-state index contributed by atoms with van der Waals surface area (Å²) >= 11 is 0. The molecule has 1 rings (SSSR count). The zero-order chi connectivity index (χ0) is 15.7. The summed E-state index contributed by atoms with van der Waals surface area (Å²) in [6.07, 6.45) is 0.582. The molecule has 0 amide bonds. The lowest BCUT2D eigenvalue weighted by atomic mass is 9.77. The van der Waals surface area contributed by atoms with Gasteiger partial charge in [0.05, 0.1) is 6.61 Å². The van der Waals surface area contributed by atoms with Gasteiger partial charge in [-0.1, -0.05) is 30.3 Å². The minimum Gasteiger partial charge on any atom is -0.480 e. The summed E-state index contributed by atoms with van der Waals surface area (Å²) in [5, 5.41) is 9.63. The van der Waals surface area contributed by atoms with Crippen molar-refractivity contribution in [2.45, 2.75) is 33.1 Å². The highest BCUT2D eigenvalue weighted by Crippen LogP contribution is 2.31. The smallest absolute Gasteiger partial charge is 0.323 e. The third-order valence-corrected chi connectivity index (χ3v) is 3.28. The normalized spacial score (nSPS) is 12.7. The van der Waals surface area contributed by atoms with Crippen molar-refractivity contribution in [3.63, 3.8) is 0 Å². The van der Waals surface area contributed by atoms with Gasteiger partial charge in [-0.2, -0.15) is 0 Å². The fraction of sp³-hybridized carbons (Fsp3) is 0.412. The Balaban J connectivity index is 3.12. The highest BCUT2D eigenvalue weighted by Gasteiger charge is 2.47. The van der Waals surface area contributed by atoms with Crippen LogP contribution in [0.3, 0.4) is 0 Å². The molecule has 0 saturated heterocycles. The maximum atomic E-state index is 12.3. The molecule has 0 bridgehead atoms. The number of carboxylic acids is 1. The zero-order valence-corrected chi connectivity index (χ0v) is 12.4. The second-order valence-corrected chi connectivity index (χ2v) is 4.70. The Kier molecular flexibility index (Phi) is 6.48. The highest BCUT2D eigenvalue weighted by atomic mass is 16.5. The van der Waals surface area contributed by atoms with Gasteiger partial charge in [0.2, 0.25) is 0 Å². The molecule has 0 spiro atoms. The van der Waals surface area contributed by atoms with E-state index in [0.29, 0.717) is 6.42 Å². The predicted octanol–water partition coefficient (Wildman–Crippen LogP) is 2.67. The Bertz CT molecular complexity index is 539. The fourth-order valence-corrected chi connectivity index (χ4v) is 2.15. The average Bonchev–Trinajstić information content (AvgIpc) is 2.47. The molecule has 0 fully saturated rings. The standard InChI is InChI=1S/C17H20O4/c1-3-5-9-12-17(15(18)19,16(20)21-4-2)13-14-10-7-6-8-11-14/h6-8,10-11H,4,9,12-13H2,1-2H3,(H,18,19). The Morgan fingerprint density at radius 1 is 1.29 bits per heavy atom. The van der Waals surface area contributed by atoms with E-state index in [0.717, 1.165) is 5.56 Å². The molecule has 0 saturated carbocycles. The number of esters is 1. The van der Waals surface area contributed by atoms with Crippen molar-refractivity contribution < 1.29 is 19.4 Å². The van der Waals surface area contributed by atoms with Crippen LogP contribution in [0.2, 0.25) is 0 Å². The molecule has 21 heavy (non-hydrogen) atoms. The Morgan fingerprint density at radius 3 is 2.48 bits per heavy atom. The van der Waals surface area contributed by atoms with Crippen LogP contribution >= 0.6 is 0 Å². The van der Waals surface area contributed by atoms with Gasteiger partial charge < -0.3 is 9.84 Å². The molecule has 4 nitrogen and oxygen atoms in total. The van der Waals surface area contributed by atoms with Crippen LogP contribution in [0.4, 0.5) is 0 Å². The first-order chi connectivity index (χ1) is 10.1. The van der Waals surface area contributed by atoms with E-state index in [4.69, 9.17) is 4.74 Å². The number of hydrogen-bond acceptors (Lipinski definition) is 3. The molecule has 1 unspecified atom stereocenters. The Morgan fingerprint density at radius 2 is 1.95 bits per heavy atom. The first-order valence-corrected chi connectivity index (χ1v) is 6.91. The van der Waals surface area contributed by atoms with Crippen LogP contribution in [0.5, 0.6) is 0 Å². The highest BCUT2D eigenvalue weighted by molar-refractivity contribution is 5.99. The van der Waals surface area contributed by atoms with Gasteiger partial charge in [-0.05, 0) is 32.3 Å². The molecule has 0 radical (unpaired) electrons. The van der Waals surface area contributed by atoms with Crippen LogP contribution in [0.25, 0.3) is 0 Å². The van der Waals surface area contributed by atoms with Crippen LogP contribution in [-0.2, 0) is 20.7 Å². The molecule has 0 aliphatic rings. The molecule has 1 atom stereocenters. The van der Waals surface area contributed by atoms with Crippen molar-refractivity contribution in [2.24, 2.45) is 5.41 Å². The van der Waals surface area contributed by atoms with Crippen LogP contribution in [0, 0.1) is 17.3 Å². The Hall–Kier alpha value is -2.28. The van der Waals surface area contributed by atoms with E-state index >= 15 is 0 Å². The molecule has 112 valence electrons. The molecule has 0 aliphatic heterocycles. The van der Waals surface area contributed by atoms with E-state index < -0.39 is 17.4 Å². The largest absolute Gasteiger partial charge is 0.480 e. The number of benzene rings is 1. The quantitative estimate of drug-likeness (QED) is 0.476. The molecule has 1 aromatic carbocycles. The minimum atomic E-state index is -1.58. The lowest BCUT2D eigenvalue weighted by molar-refractivity contribution is -0.169. The number of carboxylic acid groups (broad SMARTS) is 1. The third kappa shape index (κ3) is 4.35. The summed E-state index contributed by atoms with van der Waals surface area (Å²) in [6.45, 7) is 3.50. The second kappa shape index (κ2) is 8.11. The van der Waals surface area contributed by atoms with Gasteiger partial charge in [-0.25, -0.2) is 0 Å². The van der Waals surface area contributed by atoms with Gasteiger partial charge in [0.25, 0.3) is 0 Å². The van der Waals surface area contributed by atoms with Crippen molar-refractivity contribution in [1.29, 1.82) is 0 Å². The van der Waals surface area contributed by atoms with Crippen molar-refractivity contribution in [3.8, 4) is 11.8 Å². The summed E-state index contributed by atoms with van der Waals surface area (Å²) < 4.78 is 5.00. The number of aliphatic carboxylic acids is 1. The molecular formula is C17H20O4. The molecule has 0 aromatic heterocycles. The number of carbonyl (C=O) groups is 2. The van der Waals surface area contributed by atoms with Gasteiger partial charge in [0, 0.05) is 6.42 Å². The summed E-state index contributed by atoms with van der Waals surface area (Å²) in [7, 11) is 0. The van der Waals surface area contributed by atoms with Gasteiger partial charge in [0.1, 0.15) is 0 Å². The van der Waals surface area contributed by atoms with Crippen LogP contribution in [0.1, 0.15) is 32.3 Å². The number of carbonyl (C=O) groups excluding carboxylic acids is 1. The maximum absolute atomic E-state index is 12.3. The third-order valence-electron chi connectivity index (χ3n) is 3.28. The summed E-state index contributed by atoms with van der Waals surface area (Å²) in [5.41, 5.74) is -0.793. The van der Waals surface area contributed by atoms with Gasteiger partial charge >= 0.3 is 11.9 Å². The lowest BCUT2D eigenvalue weighted by Gasteiger charge is -2.26. The summed E-state index contributed by atoms with van der Waals surface area (Å²) in [6, 6.07) is 9.10. The Labute approximate surface area is 125 Å². The van der Waals surface area contributed by atoms with E-state index in [1.165, 1.54) is 0 Å². The minimum absolute atomic E-state index is 0.105. The molecule has 1 N–H and O–H groups in total. The van der Waals surface area contributed by atoms with Gasteiger partial charge in [-0.3, -0.25) is 9.59 Å². The van der Waals surface area contributed by atoms with Crippen LogP contribution < -0.4 is 0 Å². The van der Waals surface area contributed by atoms with Crippen molar-refractivity contribution in [2.75, 3.05) is 6.61 Å². The topological polar surface area (TPSA) is 63.6 Å². The molecule has 1 aromatic rings. The van der Waals surface area contributed by atoms with Crippen molar-refractivity contribution >= 4 is 11.9 Å². The van der Waals surface area contributed by atoms with E-state index in [1.54, 1.807) is 13.8 Å². The van der Waals surface area contributed by atoms with Crippen molar-refractivity contribution in [1.82, 2.24) is 0 Å². The number of hydrogen-bond donors (Lipinski definition) is 1. The van der Waals surface area contributed by atoms with Crippen LogP contribution in [-0.4, -0.2) is 23.7 Å². The molecule has 4 heteroatoms. The fourth-order valence-electron chi connectivity index (χ4n) is 2.15. The van der Waals surface area contributed by atoms with Gasteiger partial charge in [-0.15, -0.1) is 11.8 Å². The number of ether oxygens (including phenoxy) is 1. The monoisotopic (exact) mass is 288 g/mol. The van der Waals surface area contributed by atoms with E-state index in [1.807, 2.05) is 30.3 Å². The second-order valence-electron chi connectivity index (χ2n) is 4.70. The predicted molar refractivity (Wildman–Crippen MR) is 79.5 cm³/mol.